The van der Waals surface area contributed by atoms with Crippen molar-refractivity contribution in [3.8, 4) is 0 Å². The molecule has 0 spiro atoms. The number of aryl methyl sites for hydroxylation is 1. The zero-order valence-corrected chi connectivity index (χ0v) is 11.2. The van der Waals surface area contributed by atoms with Crippen LogP contribution in [-0.2, 0) is 14.3 Å². The van der Waals surface area contributed by atoms with Gasteiger partial charge in [-0.3, -0.25) is 4.18 Å². The lowest BCUT2D eigenvalue weighted by atomic mass is 10.2. The molecule has 1 aromatic carbocycles. The SMILES string of the molecule is Cc1ccc(S(=O)(=O)OCC2[C@H](C)[C@H]2C)cc1. The highest BCUT2D eigenvalue weighted by Gasteiger charge is 2.43. The first-order valence-electron chi connectivity index (χ1n) is 5.88. The summed E-state index contributed by atoms with van der Waals surface area (Å²) < 4.78 is 28.8. The van der Waals surface area contributed by atoms with Crippen LogP contribution in [0, 0.1) is 24.7 Å². The summed E-state index contributed by atoms with van der Waals surface area (Å²) in [5.74, 6) is 1.53. The third kappa shape index (κ3) is 2.69. The minimum atomic E-state index is -3.58. The van der Waals surface area contributed by atoms with E-state index in [-0.39, 0.29) is 4.90 Å². The van der Waals surface area contributed by atoms with Crippen LogP contribution >= 0.6 is 0 Å². The van der Waals surface area contributed by atoms with Crippen LogP contribution < -0.4 is 0 Å². The van der Waals surface area contributed by atoms with Crippen molar-refractivity contribution >= 4 is 10.1 Å². The van der Waals surface area contributed by atoms with E-state index in [0.717, 1.165) is 5.56 Å². The molecular formula is C13H18O3S. The Balaban J connectivity index is 2.02. The van der Waals surface area contributed by atoms with E-state index in [1.54, 1.807) is 24.3 Å². The first-order valence-corrected chi connectivity index (χ1v) is 7.29. The van der Waals surface area contributed by atoms with E-state index in [4.69, 9.17) is 4.18 Å². The van der Waals surface area contributed by atoms with Gasteiger partial charge in [0.15, 0.2) is 0 Å². The van der Waals surface area contributed by atoms with Gasteiger partial charge in [0.25, 0.3) is 10.1 Å². The smallest absolute Gasteiger partial charge is 0.266 e. The summed E-state index contributed by atoms with van der Waals surface area (Å²) in [5, 5.41) is 0. The van der Waals surface area contributed by atoms with Gasteiger partial charge in [-0.05, 0) is 36.8 Å². The van der Waals surface area contributed by atoms with Gasteiger partial charge in [-0.1, -0.05) is 31.5 Å². The van der Waals surface area contributed by atoms with E-state index in [2.05, 4.69) is 13.8 Å². The van der Waals surface area contributed by atoms with Crippen LogP contribution in [0.2, 0.25) is 0 Å². The van der Waals surface area contributed by atoms with Gasteiger partial charge < -0.3 is 0 Å². The highest BCUT2D eigenvalue weighted by atomic mass is 32.2. The summed E-state index contributed by atoms with van der Waals surface area (Å²) >= 11 is 0. The first-order chi connectivity index (χ1) is 7.92. The molecule has 3 nitrogen and oxygen atoms in total. The molecule has 0 amide bonds. The van der Waals surface area contributed by atoms with Crippen molar-refractivity contribution in [3.63, 3.8) is 0 Å². The molecule has 0 bridgehead atoms. The quantitative estimate of drug-likeness (QED) is 0.776. The van der Waals surface area contributed by atoms with Gasteiger partial charge in [0, 0.05) is 0 Å². The van der Waals surface area contributed by atoms with Crippen molar-refractivity contribution in [1.82, 2.24) is 0 Å². The van der Waals surface area contributed by atoms with Crippen LogP contribution in [0.3, 0.4) is 0 Å². The van der Waals surface area contributed by atoms with Gasteiger partial charge in [-0.15, -0.1) is 0 Å². The monoisotopic (exact) mass is 254 g/mol. The van der Waals surface area contributed by atoms with Crippen molar-refractivity contribution in [2.45, 2.75) is 25.7 Å². The van der Waals surface area contributed by atoms with Gasteiger partial charge >= 0.3 is 0 Å². The third-order valence-corrected chi connectivity index (χ3v) is 5.06. The Morgan fingerprint density at radius 2 is 1.65 bits per heavy atom. The number of hydrogen-bond acceptors (Lipinski definition) is 3. The fourth-order valence-electron chi connectivity index (χ4n) is 2.01. The van der Waals surface area contributed by atoms with Gasteiger partial charge in [-0.2, -0.15) is 8.42 Å². The second kappa shape index (κ2) is 4.42. The summed E-state index contributed by atoms with van der Waals surface area (Å²) in [5.41, 5.74) is 1.04. The molecule has 0 N–H and O–H groups in total. The minimum absolute atomic E-state index is 0.240. The lowest BCUT2D eigenvalue weighted by Crippen LogP contribution is -2.09. The standard InChI is InChI=1S/C13H18O3S/c1-9-4-6-12(7-5-9)17(14,15)16-8-13-10(2)11(13)3/h4-7,10-11,13H,8H2,1-3H3/t10-,11-/m1/s1. The van der Waals surface area contributed by atoms with Crippen molar-refractivity contribution in [2.75, 3.05) is 6.61 Å². The Labute approximate surface area is 103 Å². The van der Waals surface area contributed by atoms with Crippen molar-refractivity contribution < 1.29 is 12.6 Å². The molecule has 0 aliphatic heterocycles. The average molecular weight is 254 g/mol. The van der Waals surface area contributed by atoms with E-state index in [0.29, 0.717) is 24.4 Å². The highest BCUT2D eigenvalue weighted by molar-refractivity contribution is 7.86. The van der Waals surface area contributed by atoms with Crippen LogP contribution in [0.1, 0.15) is 19.4 Å². The molecule has 0 saturated heterocycles. The van der Waals surface area contributed by atoms with Crippen LogP contribution in [0.4, 0.5) is 0 Å². The fraction of sp³-hybridized carbons (Fsp3) is 0.538. The zero-order chi connectivity index (χ0) is 12.6. The Hall–Kier alpha value is -0.870. The molecule has 0 unspecified atom stereocenters. The predicted molar refractivity (Wildman–Crippen MR) is 66.1 cm³/mol. The molecule has 0 aromatic heterocycles. The van der Waals surface area contributed by atoms with Gasteiger partial charge in [-0.25, -0.2) is 0 Å². The zero-order valence-electron chi connectivity index (χ0n) is 10.4. The van der Waals surface area contributed by atoms with Crippen molar-refractivity contribution in [3.05, 3.63) is 29.8 Å². The normalized spacial score (nSPS) is 28.1. The molecule has 1 saturated carbocycles. The molecule has 2 rings (SSSR count). The number of benzene rings is 1. The molecular weight excluding hydrogens is 236 g/mol. The number of rotatable bonds is 4. The van der Waals surface area contributed by atoms with Crippen molar-refractivity contribution in [2.24, 2.45) is 17.8 Å². The largest absolute Gasteiger partial charge is 0.296 e. The Morgan fingerprint density at radius 3 is 2.12 bits per heavy atom. The second-order valence-corrected chi connectivity index (χ2v) is 6.55. The molecule has 94 valence electrons. The van der Waals surface area contributed by atoms with Gasteiger partial charge in [0.2, 0.25) is 0 Å². The maximum Gasteiger partial charge on any atom is 0.296 e. The lowest BCUT2D eigenvalue weighted by Gasteiger charge is -2.05. The summed E-state index contributed by atoms with van der Waals surface area (Å²) in [6.07, 6.45) is 0. The molecule has 1 aromatic rings. The minimum Gasteiger partial charge on any atom is -0.266 e. The molecule has 4 heteroatoms. The topological polar surface area (TPSA) is 43.4 Å². The fourth-order valence-corrected chi connectivity index (χ4v) is 2.95. The van der Waals surface area contributed by atoms with E-state index in [1.807, 2.05) is 6.92 Å². The van der Waals surface area contributed by atoms with Gasteiger partial charge in [0.05, 0.1) is 11.5 Å². The van der Waals surface area contributed by atoms with Crippen LogP contribution in [0.25, 0.3) is 0 Å². The van der Waals surface area contributed by atoms with E-state index < -0.39 is 10.1 Å². The maximum absolute atomic E-state index is 11.9. The summed E-state index contributed by atoms with van der Waals surface area (Å²) in [7, 11) is -3.58. The first kappa shape index (κ1) is 12.6. The molecule has 2 atom stereocenters. The summed E-state index contributed by atoms with van der Waals surface area (Å²) in [4.78, 5) is 0.240. The second-order valence-electron chi connectivity index (χ2n) is 4.93. The van der Waals surface area contributed by atoms with E-state index >= 15 is 0 Å². The van der Waals surface area contributed by atoms with Gasteiger partial charge in [0.1, 0.15) is 0 Å². The van der Waals surface area contributed by atoms with Crippen LogP contribution in [0.15, 0.2) is 29.2 Å². The average Bonchev–Trinajstić information content (AvgIpc) is 2.84. The van der Waals surface area contributed by atoms with Crippen LogP contribution in [0.5, 0.6) is 0 Å². The Kier molecular flexibility index (Phi) is 3.27. The maximum atomic E-state index is 11.9. The van der Waals surface area contributed by atoms with Crippen molar-refractivity contribution in [1.29, 1.82) is 0 Å². The molecule has 1 aliphatic carbocycles. The highest BCUT2D eigenvalue weighted by Crippen LogP contribution is 2.45. The third-order valence-electron chi connectivity index (χ3n) is 3.76. The molecule has 1 fully saturated rings. The lowest BCUT2D eigenvalue weighted by molar-refractivity contribution is 0.292. The Bertz CT molecular complexity index is 482. The van der Waals surface area contributed by atoms with E-state index in [1.165, 1.54) is 0 Å². The van der Waals surface area contributed by atoms with E-state index in [9.17, 15) is 8.42 Å². The Morgan fingerprint density at radius 1 is 1.12 bits per heavy atom. The number of hydrogen-bond donors (Lipinski definition) is 0. The molecule has 17 heavy (non-hydrogen) atoms. The summed E-state index contributed by atoms with van der Waals surface area (Å²) in [6.45, 7) is 6.47. The molecule has 1 aliphatic rings. The molecule has 0 radical (unpaired) electrons. The predicted octanol–water partition coefficient (Wildman–Crippen LogP) is 2.60. The van der Waals surface area contributed by atoms with Crippen LogP contribution in [-0.4, -0.2) is 15.0 Å². The summed E-state index contributed by atoms with van der Waals surface area (Å²) in [6, 6.07) is 6.73. The molecule has 0 heterocycles.